The van der Waals surface area contributed by atoms with Crippen LogP contribution in [0.15, 0.2) is 0 Å². The Labute approximate surface area is 221 Å². The molecule has 0 amide bonds. The molecular formula is C28H58O6Sn. The molecule has 0 aromatic carbocycles. The molecule has 0 fully saturated rings. The van der Waals surface area contributed by atoms with E-state index in [-0.39, 0.29) is 12.3 Å². The van der Waals surface area contributed by atoms with Crippen LogP contribution in [0.25, 0.3) is 0 Å². The van der Waals surface area contributed by atoms with Gasteiger partial charge in [-0.05, 0) is 0 Å². The predicted octanol–water partition coefficient (Wildman–Crippen LogP) is 7.65. The summed E-state index contributed by atoms with van der Waals surface area (Å²) in [6.07, 6.45) is 15.2. The van der Waals surface area contributed by atoms with Gasteiger partial charge in [-0.25, -0.2) is 0 Å². The molecule has 0 N–H and O–H groups in total. The van der Waals surface area contributed by atoms with Gasteiger partial charge < -0.3 is 0 Å². The Bertz CT molecular complexity index is 455. The first-order valence-electron chi connectivity index (χ1n) is 14.3. The van der Waals surface area contributed by atoms with Crippen molar-refractivity contribution in [3.63, 3.8) is 0 Å². The molecule has 0 aliphatic rings. The molecule has 0 aliphatic heterocycles. The van der Waals surface area contributed by atoms with Crippen LogP contribution in [0.3, 0.4) is 0 Å². The van der Waals surface area contributed by atoms with Crippen LogP contribution in [0.5, 0.6) is 0 Å². The molecule has 0 aliphatic carbocycles. The van der Waals surface area contributed by atoms with Gasteiger partial charge in [0.25, 0.3) is 0 Å². The monoisotopic (exact) mass is 610 g/mol. The molecule has 0 saturated heterocycles. The summed E-state index contributed by atoms with van der Waals surface area (Å²) >= 11 is -2.59. The van der Waals surface area contributed by atoms with Crippen LogP contribution in [0.1, 0.15) is 111 Å². The predicted molar refractivity (Wildman–Crippen MR) is 147 cm³/mol. The first kappa shape index (κ1) is 35.1. The maximum atomic E-state index is 11.4. The van der Waals surface area contributed by atoms with Crippen molar-refractivity contribution >= 4 is 24.3 Å². The second kappa shape index (κ2) is 24.4. The molecule has 0 saturated carbocycles. The third-order valence-electron chi connectivity index (χ3n) is 7.10. The summed E-state index contributed by atoms with van der Waals surface area (Å²) in [5.41, 5.74) is 0. The number of carbonyl (C=O) groups is 1. The van der Waals surface area contributed by atoms with Crippen LogP contribution < -0.4 is 0 Å². The molecule has 7 heteroatoms. The van der Waals surface area contributed by atoms with Crippen LogP contribution in [-0.2, 0) is 28.5 Å². The number of hydrogen-bond donors (Lipinski definition) is 0. The van der Waals surface area contributed by atoms with Crippen LogP contribution in [0.4, 0.5) is 0 Å². The van der Waals surface area contributed by atoms with Crippen molar-refractivity contribution < 1.29 is 28.5 Å². The standard InChI is InChI=1S/C16H31O6.3C4H9.Sn/c1-18-14-21-12-8-5-9-13-22-16(20-3)11-7-4-6-10-15(17)19-2;3*1-3-4-2;/h13,16H,4-12,14H2,1-3H3;3*1,3-4H2,2H3;. The molecule has 35 heavy (non-hydrogen) atoms. The average molecular weight is 609 g/mol. The zero-order valence-corrected chi connectivity index (χ0v) is 26.9. The fourth-order valence-electron chi connectivity index (χ4n) is 4.92. The Morgan fingerprint density at radius 2 is 1.34 bits per heavy atom. The summed E-state index contributed by atoms with van der Waals surface area (Å²) in [6, 6.07) is 0. The Morgan fingerprint density at radius 3 is 1.86 bits per heavy atom. The molecule has 0 bridgehead atoms. The van der Waals surface area contributed by atoms with E-state index in [1.165, 1.54) is 58.9 Å². The van der Waals surface area contributed by atoms with Gasteiger partial charge in [-0.15, -0.1) is 0 Å². The van der Waals surface area contributed by atoms with Gasteiger partial charge in [-0.2, -0.15) is 0 Å². The fourth-order valence-corrected chi connectivity index (χ4v) is 22.5. The van der Waals surface area contributed by atoms with E-state index in [0.717, 1.165) is 51.6 Å². The van der Waals surface area contributed by atoms with Gasteiger partial charge in [0, 0.05) is 0 Å². The molecule has 210 valence electrons. The Balaban J connectivity index is 5.35. The Morgan fingerprint density at radius 1 is 0.743 bits per heavy atom. The normalized spacial score (nSPS) is 13.7. The third-order valence-corrected chi connectivity index (χ3v) is 23.8. The number of rotatable bonds is 26. The number of unbranched alkanes of at least 4 members (excludes halogenated alkanes) is 6. The average Bonchev–Trinajstić information content (AvgIpc) is 2.88. The van der Waals surface area contributed by atoms with Gasteiger partial charge >= 0.3 is 222 Å². The van der Waals surface area contributed by atoms with Gasteiger partial charge in [-0.1, -0.05) is 0 Å². The van der Waals surface area contributed by atoms with Crippen molar-refractivity contribution in [2.24, 2.45) is 0 Å². The molecular weight excluding hydrogens is 551 g/mol. The molecule has 2 unspecified atom stereocenters. The molecule has 0 heterocycles. The van der Waals surface area contributed by atoms with Crippen LogP contribution >= 0.6 is 0 Å². The van der Waals surface area contributed by atoms with E-state index in [1.807, 2.05) is 0 Å². The summed E-state index contributed by atoms with van der Waals surface area (Å²) in [6.45, 7) is 8.09. The summed E-state index contributed by atoms with van der Waals surface area (Å²) in [7, 11) is 4.91. The molecule has 0 radical (unpaired) electrons. The van der Waals surface area contributed by atoms with Crippen molar-refractivity contribution in [2.75, 3.05) is 34.7 Å². The van der Waals surface area contributed by atoms with Gasteiger partial charge in [0.1, 0.15) is 0 Å². The second-order valence-electron chi connectivity index (χ2n) is 9.95. The molecule has 6 nitrogen and oxygen atoms in total. The number of carbonyl (C=O) groups excluding carboxylic acids is 1. The second-order valence-corrected chi connectivity index (χ2v) is 23.8. The molecule has 2 atom stereocenters. The topological polar surface area (TPSA) is 63.2 Å². The van der Waals surface area contributed by atoms with Crippen LogP contribution in [0, 0.1) is 0 Å². The number of methoxy groups -OCH3 is 3. The van der Waals surface area contributed by atoms with Crippen LogP contribution in [-0.4, -0.2) is 69.5 Å². The maximum absolute atomic E-state index is 11.4. The van der Waals surface area contributed by atoms with E-state index >= 15 is 0 Å². The van der Waals surface area contributed by atoms with E-state index in [2.05, 4.69) is 20.8 Å². The zero-order chi connectivity index (χ0) is 26.2. The van der Waals surface area contributed by atoms with Gasteiger partial charge in [-0.3, -0.25) is 0 Å². The van der Waals surface area contributed by atoms with Gasteiger partial charge in [0.05, 0.1) is 0 Å². The van der Waals surface area contributed by atoms with Gasteiger partial charge in [0.2, 0.25) is 0 Å². The Hall–Kier alpha value is 0.109. The Kier molecular flexibility index (Phi) is 24.5. The number of ether oxygens (including phenoxy) is 5. The molecule has 0 rings (SSSR count). The van der Waals surface area contributed by atoms with E-state index in [0.29, 0.717) is 17.3 Å². The minimum absolute atomic E-state index is 0.124. The molecule has 0 aromatic rings. The fraction of sp³-hybridized carbons (Fsp3) is 0.964. The summed E-state index contributed by atoms with van der Waals surface area (Å²) < 4.78 is 32.9. The number of hydrogen-bond acceptors (Lipinski definition) is 6. The van der Waals surface area contributed by atoms with E-state index in [9.17, 15) is 4.79 Å². The minimum atomic E-state index is -2.59. The SMILES string of the molecule is CCC[CH2][Sn]([CH2]CCC)([CH2]CCC)[CH](CCCCOCOC)OC(CCCCCC(=O)OC)OC. The zero-order valence-electron chi connectivity index (χ0n) is 24.0. The quantitative estimate of drug-likeness (QED) is 0.0435. The molecule has 0 spiro atoms. The first-order chi connectivity index (χ1) is 17.0. The van der Waals surface area contributed by atoms with Crippen molar-refractivity contribution in [3.05, 3.63) is 0 Å². The van der Waals surface area contributed by atoms with Crippen molar-refractivity contribution in [2.45, 2.75) is 134 Å². The third kappa shape index (κ3) is 17.3. The number of esters is 1. The van der Waals surface area contributed by atoms with Crippen molar-refractivity contribution in [1.29, 1.82) is 0 Å². The summed E-state index contributed by atoms with van der Waals surface area (Å²) in [5.74, 6) is -0.124. The van der Waals surface area contributed by atoms with Gasteiger partial charge in [0.15, 0.2) is 0 Å². The van der Waals surface area contributed by atoms with Crippen LogP contribution in [0.2, 0.25) is 13.3 Å². The molecule has 0 aromatic heterocycles. The summed E-state index contributed by atoms with van der Waals surface area (Å²) in [4.78, 5) is 11.4. The van der Waals surface area contributed by atoms with Crippen molar-refractivity contribution in [3.8, 4) is 0 Å². The van der Waals surface area contributed by atoms with Crippen molar-refractivity contribution in [1.82, 2.24) is 0 Å². The first-order valence-corrected chi connectivity index (χ1v) is 22.0. The summed E-state index contributed by atoms with van der Waals surface area (Å²) in [5, 5.41) is 0. The van der Waals surface area contributed by atoms with E-state index in [1.54, 1.807) is 14.2 Å². The van der Waals surface area contributed by atoms with E-state index < -0.39 is 18.4 Å². The van der Waals surface area contributed by atoms with E-state index in [4.69, 9.17) is 23.7 Å².